The molecule has 6 nitrogen and oxygen atoms in total. The molecule has 6 heteroatoms. The summed E-state index contributed by atoms with van der Waals surface area (Å²) in [4.78, 5) is 23.9. The van der Waals surface area contributed by atoms with Crippen LogP contribution in [-0.2, 0) is 9.59 Å². The Morgan fingerprint density at radius 3 is 2.27 bits per heavy atom. The first kappa shape index (κ1) is 18.9. The number of nitrogens with zero attached hydrogens (tertiary/aromatic N) is 2. The fourth-order valence-electron chi connectivity index (χ4n) is 2.75. The van der Waals surface area contributed by atoms with Crippen LogP contribution in [0.3, 0.4) is 0 Å². The fraction of sp³-hybridized carbons (Fsp3) is 0.875. The number of unbranched alkanes of at least 4 members (excludes halogenated alkanes) is 6. The minimum atomic E-state index is -0.568. The molecule has 0 aromatic carbocycles. The third-order valence-corrected chi connectivity index (χ3v) is 4.02. The molecular weight excluding hydrogens is 280 g/mol. The number of rotatable bonds is 11. The SMILES string of the molecule is CCCCCCCCCC(=O)NC1C(=O)NN(CC)N1CC. The molecule has 0 aromatic heterocycles. The molecular formula is C16H32N4O2. The number of hydrogen-bond acceptors (Lipinski definition) is 4. The van der Waals surface area contributed by atoms with Crippen molar-refractivity contribution in [3.8, 4) is 0 Å². The molecule has 0 aromatic rings. The Kier molecular flexibility index (Phi) is 9.08. The van der Waals surface area contributed by atoms with E-state index < -0.39 is 6.17 Å². The van der Waals surface area contributed by atoms with Gasteiger partial charge in [0.2, 0.25) is 5.91 Å². The molecule has 0 radical (unpaired) electrons. The molecule has 22 heavy (non-hydrogen) atoms. The van der Waals surface area contributed by atoms with Gasteiger partial charge in [-0.1, -0.05) is 52.4 Å². The van der Waals surface area contributed by atoms with Gasteiger partial charge in [-0.05, 0) is 13.3 Å². The summed E-state index contributed by atoms with van der Waals surface area (Å²) in [6, 6.07) is 0. The average Bonchev–Trinajstić information content (AvgIpc) is 2.81. The molecule has 1 fully saturated rings. The summed E-state index contributed by atoms with van der Waals surface area (Å²) in [5.41, 5.74) is 2.76. The number of likely N-dealkylation sites (N-methyl/N-ethyl adjacent to an activating group) is 1. The zero-order valence-corrected chi connectivity index (χ0v) is 14.4. The van der Waals surface area contributed by atoms with Gasteiger partial charge < -0.3 is 5.32 Å². The van der Waals surface area contributed by atoms with Gasteiger partial charge in [-0.3, -0.25) is 15.0 Å². The van der Waals surface area contributed by atoms with Crippen molar-refractivity contribution in [2.75, 3.05) is 13.1 Å². The number of amides is 2. The van der Waals surface area contributed by atoms with Crippen molar-refractivity contribution in [2.45, 2.75) is 78.3 Å². The van der Waals surface area contributed by atoms with Gasteiger partial charge in [0.15, 0.2) is 6.17 Å². The lowest BCUT2D eigenvalue weighted by Crippen LogP contribution is -2.51. The van der Waals surface area contributed by atoms with Gasteiger partial charge in [-0.25, -0.2) is 0 Å². The monoisotopic (exact) mass is 312 g/mol. The predicted octanol–water partition coefficient (Wildman–Crippen LogP) is 2.17. The van der Waals surface area contributed by atoms with Crippen molar-refractivity contribution in [1.82, 2.24) is 20.9 Å². The maximum Gasteiger partial charge on any atom is 0.274 e. The van der Waals surface area contributed by atoms with Gasteiger partial charge in [-0.15, -0.1) is 0 Å². The molecule has 0 saturated carbocycles. The van der Waals surface area contributed by atoms with E-state index in [0.29, 0.717) is 19.5 Å². The number of carbonyl (C=O) groups is 2. The van der Waals surface area contributed by atoms with Gasteiger partial charge in [0.05, 0.1) is 0 Å². The lowest BCUT2D eigenvalue weighted by Gasteiger charge is -2.27. The average molecular weight is 312 g/mol. The number of carbonyl (C=O) groups excluding carboxylic acids is 2. The van der Waals surface area contributed by atoms with Crippen molar-refractivity contribution < 1.29 is 9.59 Å². The smallest absolute Gasteiger partial charge is 0.274 e. The third kappa shape index (κ3) is 5.93. The molecule has 0 spiro atoms. The minimum absolute atomic E-state index is 0.0369. The van der Waals surface area contributed by atoms with E-state index in [4.69, 9.17) is 0 Å². The number of nitrogens with one attached hydrogen (secondary N) is 2. The molecule has 128 valence electrons. The normalized spacial score (nSPS) is 19.4. The minimum Gasteiger partial charge on any atom is -0.331 e. The van der Waals surface area contributed by atoms with E-state index in [9.17, 15) is 9.59 Å². The lowest BCUT2D eigenvalue weighted by atomic mass is 10.1. The molecule has 2 N–H and O–H groups in total. The zero-order chi connectivity index (χ0) is 16.4. The molecule has 1 rings (SSSR count). The summed E-state index contributed by atoms with van der Waals surface area (Å²) in [7, 11) is 0. The van der Waals surface area contributed by atoms with Crippen molar-refractivity contribution in [2.24, 2.45) is 0 Å². The van der Waals surface area contributed by atoms with Gasteiger partial charge >= 0.3 is 0 Å². The standard InChI is InChI=1S/C16H32N4O2/c1-4-7-8-9-10-11-12-13-14(21)17-15-16(22)18-20(6-3)19(15)5-2/h15H,4-13H2,1-3H3,(H,17,21)(H,18,22). The molecule has 0 aliphatic carbocycles. The Labute approximate surface area is 134 Å². The summed E-state index contributed by atoms with van der Waals surface area (Å²) >= 11 is 0. The molecule has 2 amide bonds. The Morgan fingerprint density at radius 1 is 1.05 bits per heavy atom. The van der Waals surface area contributed by atoms with Crippen molar-refractivity contribution in [3.05, 3.63) is 0 Å². The Balaban J connectivity index is 2.22. The van der Waals surface area contributed by atoms with Crippen LogP contribution in [0.5, 0.6) is 0 Å². The van der Waals surface area contributed by atoms with Crippen molar-refractivity contribution in [1.29, 1.82) is 0 Å². The number of hydrogen-bond donors (Lipinski definition) is 2. The highest BCUT2D eigenvalue weighted by Gasteiger charge is 2.37. The van der Waals surface area contributed by atoms with Crippen LogP contribution in [0.1, 0.15) is 72.1 Å². The van der Waals surface area contributed by atoms with E-state index in [-0.39, 0.29) is 11.8 Å². The van der Waals surface area contributed by atoms with E-state index in [1.807, 2.05) is 18.9 Å². The lowest BCUT2D eigenvalue weighted by molar-refractivity contribution is -0.129. The Hall–Kier alpha value is -1.14. The highest BCUT2D eigenvalue weighted by Crippen LogP contribution is 2.11. The van der Waals surface area contributed by atoms with Crippen LogP contribution in [-0.4, -0.2) is 41.2 Å². The molecule has 1 unspecified atom stereocenters. The van der Waals surface area contributed by atoms with Crippen LogP contribution in [0.15, 0.2) is 0 Å². The second kappa shape index (κ2) is 10.6. The third-order valence-electron chi connectivity index (χ3n) is 4.02. The van der Waals surface area contributed by atoms with Gasteiger partial charge in [0, 0.05) is 19.5 Å². The molecule has 0 bridgehead atoms. The maximum absolute atomic E-state index is 12.0. The molecule has 1 aliphatic heterocycles. The summed E-state index contributed by atoms with van der Waals surface area (Å²) in [6.07, 6.45) is 8.24. The first-order chi connectivity index (χ1) is 10.6. The van der Waals surface area contributed by atoms with Gasteiger partial charge in [0.25, 0.3) is 5.91 Å². The highest BCUT2D eigenvalue weighted by molar-refractivity contribution is 5.87. The summed E-state index contributed by atoms with van der Waals surface area (Å²) < 4.78 is 0. The highest BCUT2D eigenvalue weighted by atomic mass is 16.2. The summed E-state index contributed by atoms with van der Waals surface area (Å²) in [6.45, 7) is 7.51. The van der Waals surface area contributed by atoms with E-state index >= 15 is 0 Å². The van der Waals surface area contributed by atoms with Crippen LogP contribution in [0.2, 0.25) is 0 Å². The quantitative estimate of drug-likeness (QED) is 0.574. The van der Waals surface area contributed by atoms with Crippen LogP contribution in [0.25, 0.3) is 0 Å². The van der Waals surface area contributed by atoms with Crippen LogP contribution in [0.4, 0.5) is 0 Å². The van der Waals surface area contributed by atoms with Crippen LogP contribution < -0.4 is 10.7 Å². The first-order valence-corrected chi connectivity index (χ1v) is 8.77. The molecule has 1 aliphatic rings. The largest absolute Gasteiger partial charge is 0.331 e. The fourth-order valence-corrected chi connectivity index (χ4v) is 2.75. The van der Waals surface area contributed by atoms with Crippen molar-refractivity contribution in [3.63, 3.8) is 0 Å². The maximum atomic E-state index is 12.0. The molecule has 1 saturated heterocycles. The van der Waals surface area contributed by atoms with Crippen molar-refractivity contribution >= 4 is 11.8 Å². The Bertz CT molecular complexity index is 349. The number of hydrazine groups is 2. The molecule has 1 atom stereocenters. The van der Waals surface area contributed by atoms with E-state index in [1.165, 1.54) is 32.1 Å². The van der Waals surface area contributed by atoms with E-state index in [2.05, 4.69) is 17.7 Å². The van der Waals surface area contributed by atoms with E-state index in [1.54, 1.807) is 5.12 Å². The van der Waals surface area contributed by atoms with Gasteiger partial charge in [-0.2, -0.15) is 10.1 Å². The van der Waals surface area contributed by atoms with Crippen LogP contribution >= 0.6 is 0 Å². The Morgan fingerprint density at radius 2 is 1.68 bits per heavy atom. The second-order valence-corrected chi connectivity index (χ2v) is 5.79. The van der Waals surface area contributed by atoms with Crippen LogP contribution in [0, 0.1) is 0 Å². The predicted molar refractivity (Wildman–Crippen MR) is 87.4 cm³/mol. The second-order valence-electron chi connectivity index (χ2n) is 5.79. The van der Waals surface area contributed by atoms with Gasteiger partial charge in [0.1, 0.15) is 0 Å². The molecule has 1 heterocycles. The zero-order valence-electron chi connectivity index (χ0n) is 14.4. The summed E-state index contributed by atoms with van der Waals surface area (Å²) in [5, 5.41) is 6.44. The first-order valence-electron chi connectivity index (χ1n) is 8.77. The topological polar surface area (TPSA) is 64.7 Å². The van der Waals surface area contributed by atoms with E-state index in [0.717, 1.165) is 12.8 Å². The summed E-state index contributed by atoms with van der Waals surface area (Å²) in [5.74, 6) is -0.193.